The molecule has 0 aliphatic carbocycles. The van der Waals surface area contributed by atoms with Crippen molar-refractivity contribution < 1.29 is 18.7 Å². The van der Waals surface area contributed by atoms with Crippen LogP contribution < -0.4 is 10.1 Å². The monoisotopic (exact) mass is 309 g/mol. The molecule has 0 spiro atoms. The minimum absolute atomic E-state index is 0.190. The van der Waals surface area contributed by atoms with Gasteiger partial charge in [0.05, 0.1) is 12.5 Å². The van der Waals surface area contributed by atoms with E-state index < -0.39 is 16.8 Å². The predicted octanol–water partition coefficient (Wildman–Crippen LogP) is 3.00. The number of halogens is 1. The van der Waals surface area contributed by atoms with Crippen LogP contribution in [0.3, 0.4) is 0 Å². The van der Waals surface area contributed by atoms with E-state index in [-0.39, 0.29) is 11.7 Å². The van der Waals surface area contributed by atoms with E-state index in [9.17, 15) is 9.18 Å². The van der Waals surface area contributed by atoms with E-state index in [2.05, 4.69) is 5.32 Å². The molecule has 0 bridgehead atoms. The molecule has 0 aromatic heterocycles. The Bertz CT molecular complexity index is 545. The molecule has 5 heteroatoms. The third kappa shape index (κ3) is 3.40. The van der Waals surface area contributed by atoms with Gasteiger partial charge in [0.15, 0.2) is 11.6 Å². The third-order valence-electron chi connectivity index (χ3n) is 3.99. The molecule has 2 rings (SSSR count). The number of hydrogen-bond acceptors (Lipinski definition) is 4. The summed E-state index contributed by atoms with van der Waals surface area (Å²) in [6.45, 7) is 6.91. The molecule has 1 fully saturated rings. The van der Waals surface area contributed by atoms with Gasteiger partial charge in [-0.15, -0.1) is 0 Å². The Kier molecular flexibility index (Phi) is 4.75. The first-order valence-corrected chi connectivity index (χ1v) is 7.57. The molecule has 1 heterocycles. The van der Waals surface area contributed by atoms with Crippen molar-refractivity contribution in [1.29, 1.82) is 0 Å². The second-order valence-electron chi connectivity index (χ2n) is 6.73. The number of carbonyl (C=O) groups excluding carboxylic acids is 1. The lowest BCUT2D eigenvalue weighted by Crippen LogP contribution is -2.45. The molecule has 1 aliphatic heterocycles. The van der Waals surface area contributed by atoms with E-state index in [1.54, 1.807) is 12.1 Å². The molecule has 1 aliphatic rings. The van der Waals surface area contributed by atoms with Gasteiger partial charge in [-0.3, -0.25) is 4.79 Å². The van der Waals surface area contributed by atoms with Crippen LogP contribution in [-0.2, 0) is 15.1 Å². The highest BCUT2D eigenvalue weighted by Crippen LogP contribution is 2.38. The highest BCUT2D eigenvalue weighted by atomic mass is 19.1. The third-order valence-corrected chi connectivity index (χ3v) is 3.99. The Labute approximate surface area is 131 Å². The number of ether oxygens (including phenoxy) is 2. The van der Waals surface area contributed by atoms with E-state index in [1.807, 2.05) is 20.8 Å². The van der Waals surface area contributed by atoms with Crippen LogP contribution >= 0.6 is 0 Å². The molecule has 0 saturated carbocycles. The molecule has 1 saturated heterocycles. The van der Waals surface area contributed by atoms with Crippen LogP contribution in [0.2, 0.25) is 0 Å². The van der Waals surface area contributed by atoms with Crippen LogP contribution in [0.25, 0.3) is 0 Å². The van der Waals surface area contributed by atoms with Crippen LogP contribution in [0.1, 0.15) is 39.2 Å². The van der Waals surface area contributed by atoms with Gasteiger partial charge in [-0.2, -0.15) is 0 Å². The number of benzene rings is 1. The molecule has 122 valence electrons. The SMILES string of the molecule is COc1ccc(C2(OC(=O)C(C)(C)C)CCNCC2)cc1F. The Morgan fingerprint density at radius 3 is 2.41 bits per heavy atom. The number of hydrogen-bond donors (Lipinski definition) is 1. The fraction of sp³-hybridized carbons (Fsp3) is 0.588. The van der Waals surface area contributed by atoms with Gasteiger partial charge < -0.3 is 14.8 Å². The number of esters is 1. The molecule has 22 heavy (non-hydrogen) atoms. The summed E-state index contributed by atoms with van der Waals surface area (Å²) in [5.41, 5.74) is -0.684. The average Bonchev–Trinajstić information content (AvgIpc) is 2.47. The first kappa shape index (κ1) is 16.7. The maximum absolute atomic E-state index is 14.1. The van der Waals surface area contributed by atoms with Crippen molar-refractivity contribution in [3.8, 4) is 5.75 Å². The van der Waals surface area contributed by atoms with Gasteiger partial charge in [-0.1, -0.05) is 6.07 Å². The highest BCUT2D eigenvalue weighted by Gasteiger charge is 2.40. The molecule has 1 aromatic rings. The zero-order chi connectivity index (χ0) is 16.4. The summed E-state index contributed by atoms with van der Waals surface area (Å²) in [4.78, 5) is 12.4. The standard InChI is InChI=1S/C17H24FNO3/c1-16(2,3)15(20)22-17(7-9-19-10-8-17)12-5-6-14(21-4)13(18)11-12/h5-6,11,19H,7-10H2,1-4H3. The van der Waals surface area contributed by atoms with E-state index >= 15 is 0 Å². The van der Waals surface area contributed by atoms with Crippen LogP contribution in [0.4, 0.5) is 4.39 Å². The number of rotatable bonds is 3. The van der Waals surface area contributed by atoms with Crippen LogP contribution in [0.15, 0.2) is 18.2 Å². The zero-order valence-corrected chi connectivity index (χ0v) is 13.7. The lowest BCUT2D eigenvalue weighted by atomic mass is 9.84. The molecule has 4 nitrogen and oxygen atoms in total. The molecular weight excluding hydrogens is 285 g/mol. The van der Waals surface area contributed by atoms with Crippen LogP contribution in [0, 0.1) is 11.2 Å². The molecule has 0 radical (unpaired) electrons. The molecule has 0 amide bonds. The van der Waals surface area contributed by atoms with Gasteiger partial charge in [-0.25, -0.2) is 4.39 Å². The number of methoxy groups -OCH3 is 1. The minimum Gasteiger partial charge on any atom is -0.494 e. The normalized spacial score (nSPS) is 17.9. The summed E-state index contributed by atoms with van der Waals surface area (Å²) in [7, 11) is 1.43. The predicted molar refractivity (Wildman–Crippen MR) is 82.3 cm³/mol. The number of piperidine rings is 1. The average molecular weight is 309 g/mol. The van der Waals surface area contributed by atoms with Gasteiger partial charge in [-0.05, 0) is 51.6 Å². The van der Waals surface area contributed by atoms with Crippen LogP contribution in [-0.4, -0.2) is 26.2 Å². The fourth-order valence-corrected chi connectivity index (χ4v) is 2.56. The van der Waals surface area contributed by atoms with Crippen molar-refractivity contribution in [2.45, 2.75) is 39.2 Å². The lowest BCUT2D eigenvalue weighted by Gasteiger charge is -2.39. The molecular formula is C17H24FNO3. The Morgan fingerprint density at radius 1 is 1.27 bits per heavy atom. The van der Waals surface area contributed by atoms with Crippen molar-refractivity contribution in [2.75, 3.05) is 20.2 Å². The zero-order valence-electron chi connectivity index (χ0n) is 13.7. The highest BCUT2D eigenvalue weighted by molar-refractivity contribution is 5.76. The molecule has 0 atom stereocenters. The minimum atomic E-state index is -0.775. The largest absolute Gasteiger partial charge is 0.494 e. The quantitative estimate of drug-likeness (QED) is 0.872. The summed E-state index contributed by atoms with van der Waals surface area (Å²) >= 11 is 0. The van der Waals surface area contributed by atoms with E-state index in [1.165, 1.54) is 13.2 Å². The van der Waals surface area contributed by atoms with Crippen molar-refractivity contribution in [3.63, 3.8) is 0 Å². The van der Waals surface area contributed by atoms with Crippen molar-refractivity contribution >= 4 is 5.97 Å². The summed E-state index contributed by atoms with van der Waals surface area (Å²) in [5, 5.41) is 3.25. The smallest absolute Gasteiger partial charge is 0.312 e. The number of nitrogens with one attached hydrogen (secondary N) is 1. The van der Waals surface area contributed by atoms with E-state index in [4.69, 9.17) is 9.47 Å². The fourth-order valence-electron chi connectivity index (χ4n) is 2.56. The second-order valence-corrected chi connectivity index (χ2v) is 6.73. The van der Waals surface area contributed by atoms with Gasteiger partial charge in [0, 0.05) is 12.8 Å². The topological polar surface area (TPSA) is 47.6 Å². The second kappa shape index (κ2) is 6.24. The van der Waals surface area contributed by atoms with Gasteiger partial charge in [0.2, 0.25) is 0 Å². The molecule has 1 N–H and O–H groups in total. The first-order valence-electron chi connectivity index (χ1n) is 7.57. The van der Waals surface area contributed by atoms with Gasteiger partial charge in [0.1, 0.15) is 5.60 Å². The maximum atomic E-state index is 14.1. The summed E-state index contributed by atoms with van der Waals surface area (Å²) in [6.07, 6.45) is 1.25. The van der Waals surface area contributed by atoms with Gasteiger partial charge >= 0.3 is 5.97 Å². The van der Waals surface area contributed by atoms with Crippen molar-refractivity contribution in [2.24, 2.45) is 5.41 Å². The summed E-state index contributed by atoms with van der Waals surface area (Å²) in [5.74, 6) is -0.523. The lowest BCUT2D eigenvalue weighted by molar-refractivity contribution is -0.174. The summed E-state index contributed by atoms with van der Waals surface area (Å²) in [6, 6.07) is 4.78. The number of carbonyl (C=O) groups is 1. The first-order chi connectivity index (χ1) is 10.3. The Morgan fingerprint density at radius 2 is 1.91 bits per heavy atom. The molecule has 1 aromatic carbocycles. The molecule has 0 unspecified atom stereocenters. The van der Waals surface area contributed by atoms with Crippen LogP contribution in [0.5, 0.6) is 5.75 Å². The van der Waals surface area contributed by atoms with Crippen molar-refractivity contribution in [3.05, 3.63) is 29.6 Å². The van der Waals surface area contributed by atoms with Gasteiger partial charge in [0.25, 0.3) is 0 Å². The van der Waals surface area contributed by atoms with Crippen molar-refractivity contribution in [1.82, 2.24) is 5.32 Å². The van der Waals surface area contributed by atoms with E-state index in [0.717, 1.165) is 13.1 Å². The summed E-state index contributed by atoms with van der Waals surface area (Å²) < 4.78 is 24.9. The Balaban J connectivity index is 2.37. The Hall–Kier alpha value is -1.62. The maximum Gasteiger partial charge on any atom is 0.312 e. The van der Waals surface area contributed by atoms with E-state index in [0.29, 0.717) is 18.4 Å².